The van der Waals surface area contributed by atoms with Gasteiger partial charge in [0.05, 0.1) is 34.9 Å². The smallest absolute Gasteiger partial charge is 0.326 e. The van der Waals surface area contributed by atoms with Gasteiger partial charge in [0.15, 0.2) is 16.6 Å². The van der Waals surface area contributed by atoms with Crippen LogP contribution in [0.2, 0.25) is 0 Å². The van der Waals surface area contributed by atoms with E-state index in [1.54, 1.807) is 0 Å². The van der Waals surface area contributed by atoms with Crippen LogP contribution in [0.3, 0.4) is 0 Å². The molecule has 25 aromatic carbocycles. The predicted molar refractivity (Wildman–Crippen MR) is 331 cm³/mol. The minimum atomic E-state index is -2.09. The molecule has 87 heavy (non-hydrogen) atoms. The Balaban J connectivity index is 1.02. The Labute approximate surface area is 476 Å². The zero-order chi connectivity index (χ0) is 54.4. The molecule has 2 heterocycles. The number of fused-ring (bicyclic) bond motifs is 1. The average Bonchev–Trinajstić information content (AvgIpc) is 1.33. The van der Waals surface area contributed by atoms with Crippen LogP contribution in [0.1, 0.15) is 61.1 Å². The van der Waals surface area contributed by atoms with Crippen molar-refractivity contribution in [3.8, 4) is 0 Å². The Morgan fingerprint density at radius 3 is 0.805 bits per heavy atom. The molecule has 10 heteroatoms. The molecule has 2 aliphatic heterocycles. The summed E-state index contributed by atoms with van der Waals surface area (Å²) in [6.45, 7) is 6.88. The lowest BCUT2D eigenvalue weighted by molar-refractivity contribution is -0.173. The molecule has 0 amide bonds. The van der Waals surface area contributed by atoms with Gasteiger partial charge in [-0.15, -0.1) is 0 Å². The third-order valence-corrected chi connectivity index (χ3v) is 30.1. The fraction of sp³-hybridized carbons (Fsp3) is 0.221. The molecule has 0 radical (unpaired) electrons. The molecule has 2 saturated carbocycles. The summed E-state index contributed by atoms with van der Waals surface area (Å²) in [5, 5.41) is 63.9. The summed E-state index contributed by atoms with van der Waals surface area (Å²) in [5.41, 5.74) is -3.11. The van der Waals surface area contributed by atoms with E-state index >= 15 is 19.2 Å². The average molecular weight is 1110 g/mol. The second-order valence-electron chi connectivity index (χ2n) is 30.9. The zero-order valence-electron chi connectivity index (χ0n) is 45.6. The van der Waals surface area contributed by atoms with Gasteiger partial charge in [-0.05, 0) is 330 Å². The highest BCUT2D eigenvalue weighted by Gasteiger charge is 3.11. The van der Waals surface area contributed by atoms with Crippen LogP contribution >= 0.6 is 0 Å². The first-order valence-electron chi connectivity index (χ1n) is 31.7. The Hall–Kier alpha value is -9.48. The molecule has 4 spiro atoms. The van der Waals surface area contributed by atoms with E-state index in [-0.39, 0.29) is 26.4 Å². The first kappa shape index (κ1) is 36.5. The van der Waals surface area contributed by atoms with Crippen LogP contribution in [0.5, 0.6) is 0 Å². The first-order chi connectivity index (χ1) is 42.7. The number of esters is 4. The number of hydrogen-bond acceptors (Lipinski definition) is 10. The van der Waals surface area contributed by atoms with Crippen molar-refractivity contribution in [3.63, 3.8) is 0 Å². The van der Waals surface area contributed by atoms with E-state index in [2.05, 4.69) is 0 Å². The Kier molecular flexibility index (Phi) is 3.51. The third kappa shape index (κ3) is 1.99. The van der Waals surface area contributed by atoms with E-state index in [1.165, 1.54) is 226 Å². The molecule has 11 aliphatic rings. The maximum Gasteiger partial charge on any atom is 0.326 e. The lowest BCUT2D eigenvalue weighted by Crippen LogP contribution is -2.42. The van der Waals surface area contributed by atoms with Gasteiger partial charge in [-0.1, -0.05) is 0 Å². The van der Waals surface area contributed by atoms with Gasteiger partial charge in [0.1, 0.15) is 25.4 Å². The largest absolute Gasteiger partial charge is 0.465 e. The van der Waals surface area contributed by atoms with Gasteiger partial charge >= 0.3 is 23.9 Å². The number of rotatable bonds is 4. The molecule has 390 valence electrons. The summed E-state index contributed by atoms with van der Waals surface area (Å²) in [7, 11) is 0. The lowest BCUT2D eigenvalue weighted by atomic mass is 9.65. The highest BCUT2D eigenvalue weighted by molar-refractivity contribution is 6.80. The number of ether oxygens (including phenoxy) is 6. The molecule has 2 saturated heterocycles. The number of hydrogen-bond donors (Lipinski definition) is 0. The van der Waals surface area contributed by atoms with Crippen molar-refractivity contribution < 1.29 is 47.6 Å². The van der Waals surface area contributed by atoms with Crippen LogP contribution in [0, 0.1) is 10.8 Å². The summed E-state index contributed by atoms with van der Waals surface area (Å²) in [5.74, 6) is -3.65. The van der Waals surface area contributed by atoms with E-state index in [4.69, 9.17) is 28.4 Å². The van der Waals surface area contributed by atoms with Crippen molar-refractivity contribution >= 4 is 288 Å². The normalized spacial score (nSPS) is 32.0. The number of carbonyl (C=O) groups excluding carboxylic acids is 4. The highest BCUT2D eigenvalue weighted by Crippen LogP contribution is 3.05. The fourth-order valence-corrected chi connectivity index (χ4v) is 30.2. The quantitative estimate of drug-likeness (QED) is 0.0728. The molecule has 4 fully saturated rings. The van der Waals surface area contributed by atoms with Gasteiger partial charge in [-0.2, -0.15) is 0 Å². The van der Waals surface area contributed by atoms with E-state index in [1.807, 2.05) is 27.7 Å². The maximum atomic E-state index is 17.8. The van der Waals surface area contributed by atoms with E-state index in [0.29, 0.717) is 0 Å². The molecule has 36 rings (SSSR count). The molecule has 8 atom stereocenters. The zero-order valence-corrected chi connectivity index (χ0v) is 45.6. The molecule has 0 aromatic heterocycles. The van der Waals surface area contributed by atoms with E-state index < -0.39 is 74.4 Å². The molecule has 0 N–H and O–H groups in total. The highest BCUT2D eigenvalue weighted by atomic mass is 16.8. The summed E-state index contributed by atoms with van der Waals surface area (Å²) in [6.07, 6.45) is -1.77. The standard InChI is InChI=1S/C77H22O10/c1-5-82-67(78)76-69(80)84-7-9-10(87-71(3,4)86-9)8-85-70(81)77(68(79)83-6-2)73-61-50-40-30-20-14-11-12-17-23-19-13(11)15-16(14)22-28-27-21(15)31-29(19)39-33(23)43-35-25(17)26-18(12)24(20)34(40)44-36(26)46-45(35)55-53(43)60-49(39)51-41(31)37(27)47-48-38(28)42(32(22)30)52(50)63(73)58(48)59-57(47)62(51)72(60,76)74(76)64(55)65(56(46)54(44)61)75(73,77)66(59)74/h9-10H,5-8H2,1-4H3/t9-,10-,72?,73?,74?,75?,76?,77?/m0/s1. The molecule has 6 unspecified atom stereocenters. The first-order valence-corrected chi connectivity index (χ1v) is 31.7. The van der Waals surface area contributed by atoms with Crippen molar-refractivity contribution in [1.82, 2.24) is 0 Å². The molecular formula is C77H22O10. The van der Waals surface area contributed by atoms with Crippen molar-refractivity contribution in [2.45, 2.75) is 67.3 Å². The number of carbonyl (C=O) groups is 4. The minimum Gasteiger partial charge on any atom is -0.465 e. The van der Waals surface area contributed by atoms with Crippen molar-refractivity contribution in [2.24, 2.45) is 10.8 Å². The SMILES string of the molecule is CCOC(=O)C12C(=O)OC[C@@H]3OC(C)(C)O[C@H]3COC(=O)C3(C(=O)OCC)C45C6=c7c8c9c%10c%11c%12c%13c%14c(c4c4c%15c%16c%17c%18c(c7c7c8c8c%10c%10c%19c%11c%11c%13c%13c%14c4c4c%15c%14c%17c%15c%17c%18c7c7c8c%10c8c(c%177)c7c%15c%14c%10c4c%13c4c%11c%19c8c7c4%10)C%1635)C61C9%122. The van der Waals surface area contributed by atoms with Gasteiger partial charge < -0.3 is 28.4 Å². The summed E-state index contributed by atoms with van der Waals surface area (Å²) in [6, 6.07) is 0. The second-order valence-corrected chi connectivity index (χ2v) is 30.9. The second kappa shape index (κ2) is 8.36. The van der Waals surface area contributed by atoms with Crippen LogP contribution in [-0.4, -0.2) is 68.3 Å². The van der Waals surface area contributed by atoms with E-state index in [9.17, 15) is 0 Å². The van der Waals surface area contributed by atoms with Gasteiger partial charge in [0.25, 0.3) is 0 Å². The third-order valence-electron chi connectivity index (χ3n) is 30.1. The van der Waals surface area contributed by atoms with E-state index in [0.717, 1.165) is 76.5 Å². The van der Waals surface area contributed by atoms with Gasteiger partial charge in [0.2, 0.25) is 0 Å². The molecule has 25 aromatic rings. The number of benzene rings is 16. The topological polar surface area (TPSA) is 124 Å². The van der Waals surface area contributed by atoms with Crippen LogP contribution in [0.25, 0.3) is 264 Å². The minimum absolute atomic E-state index is 0.0228. The molecule has 2 bridgehead atoms. The Bertz CT molecular complexity index is 7760. The van der Waals surface area contributed by atoms with Gasteiger partial charge in [-0.25, -0.2) is 0 Å². The monoisotopic (exact) mass is 1110 g/mol. The van der Waals surface area contributed by atoms with Crippen molar-refractivity contribution in [1.29, 1.82) is 0 Å². The summed E-state index contributed by atoms with van der Waals surface area (Å²) >= 11 is 0. The van der Waals surface area contributed by atoms with Gasteiger partial charge in [-0.3, -0.25) is 19.2 Å². The Morgan fingerprint density at radius 2 is 0.552 bits per heavy atom. The fourth-order valence-electron chi connectivity index (χ4n) is 30.2. The number of cyclic esters (lactones) is 2. The summed E-state index contributed by atoms with van der Waals surface area (Å²) < 4.78 is 41.4. The van der Waals surface area contributed by atoms with Crippen molar-refractivity contribution in [3.05, 3.63) is 38.6 Å². The molecular weight excluding hydrogens is 1080 g/mol. The van der Waals surface area contributed by atoms with Crippen LogP contribution in [0.15, 0.2) is 0 Å². The maximum absolute atomic E-state index is 17.8. The van der Waals surface area contributed by atoms with Crippen LogP contribution < -0.4 is 5.22 Å². The summed E-state index contributed by atoms with van der Waals surface area (Å²) in [4.78, 5) is 70.7. The van der Waals surface area contributed by atoms with Crippen LogP contribution in [-0.2, 0) is 69.3 Å². The lowest BCUT2D eigenvalue weighted by Gasteiger charge is -2.35. The van der Waals surface area contributed by atoms with Crippen molar-refractivity contribution in [2.75, 3.05) is 26.4 Å². The Morgan fingerprint density at radius 1 is 0.333 bits per heavy atom. The van der Waals surface area contributed by atoms with Gasteiger partial charge in [0, 0.05) is 0 Å². The van der Waals surface area contributed by atoms with Crippen LogP contribution in [0.4, 0.5) is 0 Å². The predicted octanol–water partition coefficient (Wildman–Crippen LogP) is 13.8. The molecule has 9 aliphatic carbocycles. The molecule has 10 nitrogen and oxygen atoms in total.